The second-order valence-corrected chi connectivity index (χ2v) is 6.40. The number of carbonyl (C=O) groups is 1. The van der Waals surface area contributed by atoms with Gasteiger partial charge in [0.25, 0.3) is 0 Å². The first kappa shape index (κ1) is 15.6. The van der Waals surface area contributed by atoms with Crippen LogP contribution in [0.15, 0.2) is 24.3 Å². The average molecular weight is 306 g/mol. The highest BCUT2D eigenvalue weighted by molar-refractivity contribution is 7.11. The Morgan fingerprint density at radius 1 is 1.43 bits per heavy atom. The third-order valence-corrected chi connectivity index (χ3v) is 4.78. The van der Waals surface area contributed by atoms with Crippen LogP contribution in [0.4, 0.5) is 4.39 Å². The molecule has 0 aliphatic heterocycles. The Morgan fingerprint density at radius 3 is 2.71 bits per heavy atom. The Kier molecular flexibility index (Phi) is 4.73. The van der Waals surface area contributed by atoms with Crippen LogP contribution in [0.25, 0.3) is 0 Å². The Labute approximate surface area is 128 Å². The maximum Gasteiger partial charge on any atom is 0.227 e. The third-order valence-electron chi connectivity index (χ3n) is 3.54. The summed E-state index contributed by atoms with van der Waals surface area (Å²) in [4.78, 5) is 19.5. The Hall–Kier alpha value is -1.75. The van der Waals surface area contributed by atoms with Gasteiger partial charge in [-0.25, -0.2) is 9.37 Å². The van der Waals surface area contributed by atoms with Gasteiger partial charge in [-0.1, -0.05) is 12.1 Å². The summed E-state index contributed by atoms with van der Waals surface area (Å²) in [6.45, 7) is 5.91. The van der Waals surface area contributed by atoms with Crippen LogP contribution in [-0.4, -0.2) is 22.8 Å². The molecule has 0 N–H and O–H groups in total. The van der Waals surface area contributed by atoms with Crippen molar-refractivity contribution in [3.8, 4) is 0 Å². The van der Waals surface area contributed by atoms with E-state index in [-0.39, 0.29) is 24.2 Å². The Morgan fingerprint density at radius 2 is 2.14 bits per heavy atom. The number of halogens is 1. The van der Waals surface area contributed by atoms with Crippen LogP contribution in [0.3, 0.4) is 0 Å². The molecular formula is C16H19FN2OS. The number of thiazole rings is 1. The molecule has 0 fully saturated rings. The van der Waals surface area contributed by atoms with Crippen molar-refractivity contribution in [3.05, 3.63) is 51.2 Å². The lowest BCUT2D eigenvalue weighted by Gasteiger charge is -2.24. The molecule has 21 heavy (non-hydrogen) atoms. The van der Waals surface area contributed by atoms with E-state index in [4.69, 9.17) is 0 Å². The van der Waals surface area contributed by atoms with Crippen molar-refractivity contribution in [3.63, 3.8) is 0 Å². The smallest absolute Gasteiger partial charge is 0.227 e. The maximum atomic E-state index is 13.2. The predicted molar refractivity (Wildman–Crippen MR) is 82.9 cm³/mol. The zero-order chi connectivity index (χ0) is 15.6. The summed E-state index contributed by atoms with van der Waals surface area (Å²) in [5, 5.41) is 1.00. The van der Waals surface area contributed by atoms with Gasteiger partial charge >= 0.3 is 0 Å². The SMILES string of the molecule is Cc1nc(C)c([C@@H](C)N(C)C(=O)Cc2cccc(F)c2)s1. The van der Waals surface area contributed by atoms with Crippen LogP contribution in [0.5, 0.6) is 0 Å². The first-order chi connectivity index (χ1) is 9.88. The van der Waals surface area contributed by atoms with Crippen molar-refractivity contribution in [1.82, 2.24) is 9.88 Å². The molecule has 112 valence electrons. The summed E-state index contributed by atoms with van der Waals surface area (Å²) >= 11 is 1.61. The molecule has 2 rings (SSSR count). The van der Waals surface area contributed by atoms with Crippen LogP contribution >= 0.6 is 11.3 Å². The number of amides is 1. The minimum Gasteiger partial charge on any atom is -0.338 e. The minimum atomic E-state index is -0.315. The number of aromatic nitrogens is 1. The van der Waals surface area contributed by atoms with Gasteiger partial charge in [0.15, 0.2) is 0 Å². The molecule has 0 aliphatic rings. The molecular weight excluding hydrogens is 287 g/mol. The molecule has 3 nitrogen and oxygen atoms in total. The summed E-state index contributed by atoms with van der Waals surface area (Å²) in [5.74, 6) is -0.344. The van der Waals surface area contributed by atoms with Gasteiger partial charge in [-0.05, 0) is 38.5 Å². The molecule has 1 aromatic carbocycles. The van der Waals surface area contributed by atoms with Crippen molar-refractivity contribution in [1.29, 1.82) is 0 Å². The zero-order valence-electron chi connectivity index (χ0n) is 12.7. The van der Waals surface area contributed by atoms with Crippen molar-refractivity contribution in [2.75, 3.05) is 7.05 Å². The van der Waals surface area contributed by atoms with E-state index in [1.165, 1.54) is 12.1 Å². The summed E-state index contributed by atoms with van der Waals surface area (Å²) < 4.78 is 13.2. The number of nitrogens with zero attached hydrogens (tertiary/aromatic N) is 2. The quantitative estimate of drug-likeness (QED) is 0.863. The second kappa shape index (κ2) is 6.35. The van der Waals surface area contributed by atoms with Crippen LogP contribution in [0, 0.1) is 19.7 Å². The highest BCUT2D eigenvalue weighted by Gasteiger charge is 2.21. The first-order valence-electron chi connectivity index (χ1n) is 6.82. The van der Waals surface area contributed by atoms with E-state index in [9.17, 15) is 9.18 Å². The highest BCUT2D eigenvalue weighted by atomic mass is 32.1. The van der Waals surface area contributed by atoms with E-state index in [2.05, 4.69) is 4.98 Å². The van der Waals surface area contributed by atoms with Crippen molar-refractivity contribution < 1.29 is 9.18 Å². The van der Waals surface area contributed by atoms with Gasteiger partial charge < -0.3 is 4.90 Å². The highest BCUT2D eigenvalue weighted by Crippen LogP contribution is 2.28. The van der Waals surface area contributed by atoms with Gasteiger partial charge in [0.2, 0.25) is 5.91 Å². The second-order valence-electron chi connectivity index (χ2n) is 5.17. The molecule has 0 saturated heterocycles. The summed E-state index contributed by atoms with van der Waals surface area (Å²) in [6.07, 6.45) is 0.204. The van der Waals surface area contributed by atoms with Crippen LogP contribution in [0.2, 0.25) is 0 Å². The molecule has 5 heteroatoms. The van der Waals surface area contributed by atoms with Crippen molar-refractivity contribution in [2.45, 2.75) is 33.2 Å². The van der Waals surface area contributed by atoms with E-state index < -0.39 is 0 Å². The molecule has 0 saturated carbocycles. The van der Waals surface area contributed by atoms with E-state index >= 15 is 0 Å². The molecule has 1 aromatic heterocycles. The van der Waals surface area contributed by atoms with Crippen LogP contribution in [0.1, 0.15) is 34.1 Å². The van der Waals surface area contributed by atoms with E-state index in [1.807, 2.05) is 20.8 Å². The summed E-state index contributed by atoms with van der Waals surface area (Å²) in [5.41, 5.74) is 1.66. The van der Waals surface area contributed by atoms with E-state index in [0.29, 0.717) is 5.56 Å². The summed E-state index contributed by atoms with van der Waals surface area (Å²) in [7, 11) is 1.78. The number of likely N-dealkylation sites (N-methyl/N-ethyl adjacent to an activating group) is 1. The number of hydrogen-bond acceptors (Lipinski definition) is 3. The average Bonchev–Trinajstić information content (AvgIpc) is 2.76. The van der Waals surface area contributed by atoms with Gasteiger partial charge in [-0.15, -0.1) is 11.3 Å². The van der Waals surface area contributed by atoms with Gasteiger partial charge in [-0.3, -0.25) is 4.79 Å². The Balaban J connectivity index is 2.10. The minimum absolute atomic E-state index is 0.0291. The van der Waals surface area contributed by atoms with E-state index in [1.54, 1.807) is 35.4 Å². The number of aryl methyl sites for hydroxylation is 2. The topological polar surface area (TPSA) is 33.2 Å². The summed E-state index contributed by atoms with van der Waals surface area (Å²) in [6, 6.07) is 6.14. The lowest BCUT2D eigenvalue weighted by Crippen LogP contribution is -2.30. The molecule has 0 bridgehead atoms. The Bertz CT molecular complexity index is 653. The third kappa shape index (κ3) is 3.67. The lowest BCUT2D eigenvalue weighted by atomic mass is 10.1. The molecule has 1 amide bonds. The van der Waals surface area contributed by atoms with Crippen LogP contribution in [-0.2, 0) is 11.2 Å². The fraction of sp³-hybridized carbons (Fsp3) is 0.375. The molecule has 0 spiro atoms. The molecule has 1 atom stereocenters. The fourth-order valence-electron chi connectivity index (χ4n) is 2.27. The van der Waals surface area contributed by atoms with Crippen molar-refractivity contribution >= 4 is 17.2 Å². The molecule has 0 unspecified atom stereocenters. The molecule has 0 aliphatic carbocycles. The van der Waals surface area contributed by atoms with Crippen LogP contribution < -0.4 is 0 Å². The van der Waals surface area contributed by atoms with Gasteiger partial charge in [-0.2, -0.15) is 0 Å². The van der Waals surface area contributed by atoms with Gasteiger partial charge in [0.05, 0.1) is 23.2 Å². The zero-order valence-corrected chi connectivity index (χ0v) is 13.5. The number of hydrogen-bond donors (Lipinski definition) is 0. The largest absolute Gasteiger partial charge is 0.338 e. The van der Waals surface area contributed by atoms with Crippen molar-refractivity contribution in [2.24, 2.45) is 0 Å². The molecule has 0 radical (unpaired) electrons. The number of benzene rings is 1. The predicted octanol–water partition coefficient (Wildman–Crippen LogP) is 3.66. The fourth-order valence-corrected chi connectivity index (χ4v) is 3.30. The van der Waals surface area contributed by atoms with E-state index in [0.717, 1.165) is 15.6 Å². The molecule has 1 heterocycles. The lowest BCUT2D eigenvalue weighted by molar-refractivity contribution is -0.131. The first-order valence-corrected chi connectivity index (χ1v) is 7.64. The standard InChI is InChI=1S/C16H19FN2OS/c1-10-16(21-12(3)18-10)11(2)19(4)15(20)9-13-6-5-7-14(17)8-13/h5-8,11H,9H2,1-4H3/t11-/m1/s1. The number of rotatable bonds is 4. The van der Waals surface area contributed by atoms with Gasteiger partial charge in [0, 0.05) is 11.9 Å². The maximum absolute atomic E-state index is 13.2. The normalized spacial score (nSPS) is 12.2. The molecule has 2 aromatic rings. The monoisotopic (exact) mass is 306 g/mol. The number of carbonyl (C=O) groups excluding carboxylic acids is 1. The van der Waals surface area contributed by atoms with Gasteiger partial charge in [0.1, 0.15) is 5.82 Å².